The molecule has 6 aromatic rings. The van der Waals surface area contributed by atoms with Crippen molar-refractivity contribution in [1.82, 2.24) is 9.13 Å². The lowest BCUT2D eigenvalue weighted by Gasteiger charge is -2.43. The van der Waals surface area contributed by atoms with Crippen LogP contribution < -0.4 is 10.4 Å². The zero-order chi connectivity index (χ0) is 37.2. The first-order valence-electron chi connectivity index (χ1n) is 18.1. The maximum atomic E-state index is 13.8. The molecule has 1 unspecified atom stereocenters. The second-order valence-corrected chi connectivity index (χ2v) is 18.8. The number of benzene rings is 4. The number of methoxy groups -OCH3 is 2. The number of esters is 2. The number of rotatable bonds is 7. The highest BCUT2D eigenvalue weighted by Gasteiger charge is 2.50. The van der Waals surface area contributed by atoms with E-state index in [9.17, 15) is 9.59 Å². The highest BCUT2D eigenvalue weighted by atomic mass is 28.4. The van der Waals surface area contributed by atoms with Crippen LogP contribution in [0.3, 0.4) is 0 Å². The molecule has 1 aliphatic heterocycles. The Hall–Kier alpha value is -5.22. The maximum absolute atomic E-state index is 13.8. The van der Waals surface area contributed by atoms with Crippen molar-refractivity contribution in [2.45, 2.75) is 51.4 Å². The van der Waals surface area contributed by atoms with Crippen LogP contribution in [-0.4, -0.2) is 62.9 Å². The van der Waals surface area contributed by atoms with E-state index < -0.39 is 20.3 Å². The average Bonchev–Trinajstić information content (AvgIpc) is 3.73. The number of aromatic nitrogens is 2. The molecule has 4 aromatic carbocycles. The number of ether oxygens (including phenoxy) is 3. The first-order chi connectivity index (χ1) is 25.7. The minimum atomic E-state index is -2.83. The van der Waals surface area contributed by atoms with Crippen LogP contribution in [0.1, 0.15) is 38.3 Å². The summed E-state index contributed by atoms with van der Waals surface area (Å²) >= 11 is 0. The van der Waals surface area contributed by atoms with Crippen LogP contribution in [0.15, 0.2) is 122 Å². The van der Waals surface area contributed by atoms with Crippen LogP contribution in [0, 0.1) is 0 Å². The molecule has 0 N–H and O–H groups in total. The lowest BCUT2D eigenvalue weighted by Crippen LogP contribution is -2.67. The van der Waals surface area contributed by atoms with E-state index in [4.69, 9.17) is 18.6 Å². The van der Waals surface area contributed by atoms with Crippen molar-refractivity contribution in [3.8, 4) is 0 Å². The Morgan fingerprint density at radius 3 is 1.60 bits per heavy atom. The van der Waals surface area contributed by atoms with Crippen molar-refractivity contribution < 1.29 is 28.2 Å². The van der Waals surface area contributed by atoms with E-state index >= 15 is 0 Å². The number of carbonyl (C=O) groups is 2. The first kappa shape index (κ1) is 36.1. The standard InChI is InChI=1S/C44H46N2O6Si/c1-44(2,3)53(32-16-8-6-9-17-32,33-18-10-7-11-19-33)52-30-31-24-25-45-28-36(34-20-12-14-22-38(34)45)40(42(47)49-4)41(43(48)50-5)37-29-46(26-27-51-31)39-23-15-13-21-35(37)39/h6-23,28-29,31H,24-27,30H2,1-5H3/b41-40-. The maximum Gasteiger partial charge on any atom is 0.339 e. The molecule has 1 atom stereocenters. The number of hydrogen-bond acceptors (Lipinski definition) is 6. The van der Waals surface area contributed by atoms with Gasteiger partial charge in [0, 0.05) is 58.4 Å². The molecule has 3 heterocycles. The molecule has 53 heavy (non-hydrogen) atoms. The Bertz CT molecular complexity index is 2240. The Kier molecular flexibility index (Phi) is 10.2. The fraction of sp³-hybridized carbons (Fsp3) is 0.273. The van der Waals surface area contributed by atoms with Crippen molar-refractivity contribution in [2.24, 2.45) is 0 Å². The molecule has 7 rings (SSSR count). The zero-order valence-electron chi connectivity index (χ0n) is 31.0. The van der Waals surface area contributed by atoms with Crippen LogP contribution in [0.5, 0.6) is 0 Å². The second-order valence-electron chi connectivity index (χ2n) is 14.5. The minimum absolute atomic E-state index is 0.159. The van der Waals surface area contributed by atoms with Gasteiger partial charge < -0.3 is 27.8 Å². The van der Waals surface area contributed by atoms with Crippen LogP contribution >= 0.6 is 0 Å². The molecule has 9 heteroatoms. The normalized spacial score (nSPS) is 17.0. The molecule has 1 aliphatic rings. The molecule has 0 saturated carbocycles. The van der Waals surface area contributed by atoms with E-state index in [2.05, 4.69) is 90.6 Å². The first-order valence-corrected chi connectivity index (χ1v) is 20.0. The summed E-state index contributed by atoms with van der Waals surface area (Å²) in [6.07, 6.45) is 4.27. The Balaban J connectivity index is 1.37. The van der Waals surface area contributed by atoms with Crippen molar-refractivity contribution in [1.29, 1.82) is 0 Å². The summed E-state index contributed by atoms with van der Waals surface area (Å²) in [5.41, 5.74) is 3.35. The minimum Gasteiger partial charge on any atom is -0.465 e. The number of fused-ring (bicyclic) bond motifs is 10. The molecule has 4 bridgehead atoms. The Morgan fingerprint density at radius 1 is 0.679 bits per heavy atom. The third-order valence-electron chi connectivity index (χ3n) is 10.4. The predicted molar refractivity (Wildman–Crippen MR) is 213 cm³/mol. The second kappa shape index (κ2) is 15.0. The summed E-state index contributed by atoms with van der Waals surface area (Å²) in [5.74, 6) is -1.23. The fourth-order valence-electron chi connectivity index (χ4n) is 7.95. The van der Waals surface area contributed by atoms with Crippen molar-refractivity contribution >= 4 is 63.6 Å². The van der Waals surface area contributed by atoms with Gasteiger partial charge in [0.15, 0.2) is 0 Å². The number of para-hydroxylation sites is 2. The Morgan fingerprint density at radius 2 is 1.13 bits per heavy atom. The van der Waals surface area contributed by atoms with Crippen LogP contribution in [-0.2, 0) is 41.3 Å². The van der Waals surface area contributed by atoms with Gasteiger partial charge in [0.2, 0.25) is 0 Å². The van der Waals surface area contributed by atoms with E-state index in [1.54, 1.807) is 0 Å². The van der Waals surface area contributed by atoms with Gasteiger partial charge in [0.25, 0.3) is 8.32 Å². The number of aryl methyl sites for hydroxylation is 1. The van der Waals surface area contributed by atoms with Crippen molar-refractivity contribution in [2.75, 3.05) is 27.4 Å². The van der Waals surface area contributed by atoms with Gasteiger partial charge in [-0.3, -0.25) is 0 Å². The third-order valence-corrected chi connectivity index (χ3v) is 15.4. The topological polar surface area (TPSA) is 80.9 Å². The zero-order valence-corrected chi connectivity index (χ0v) is 32.0. The molecular weight excluding hydrogens is 681 g/mol. The summed E-state index contributed by atoms with van der Waals surface area (Å²) in [7, 11) is -0.155. The number of hydrogen-bond donors (Lipinski definition) is 0. The highest BCUT2D eigenvalue weighted by Crippen LogP contribution is 2.39. The van der Waals surface area contributed by atoms with Gasteiger partial charge in [-0.05, 0) is 34.0 Å². The molecule has 0 amide bonds. The summed E-state index contributed by atoms with van der Waals surface area (Å²) in [6.45, 7) is 8.76. The highest BCUT2D eigenvalue weighted by molar-refractivity contribution is 6.99. The quantitative estimate of drug-likeness (QED) is 0.128. The van der Waals surface area contributed by atoms with Crippen LogP contribution in [0.2, 0.25) is 5.04 Å². The van der Waals surface area contributed by atoms with E-state index in [1.807, 2.05) is 60.9 Å². The largest absolute Gasteiger partial charge is 0.465 e. The van der Waals surface area contributed by atoms with Gasteiger partial charge in [-0.2, -0.15) is 0 Å². The smallest absolute Gasteiger partial charge is 0.339 e. The molecule has 0 radical (unpaired) electrons. The van der Waals surface area contributed by atoms with Crippen LogP contribution in [0.25, 0.3) is 33.0 Å². The summed E-state index contributed by atoms with van der Waals surface area (Å²) in [4.78, 5) is 27.6. The van der Waals surface area contributed by atoms with E-state index in [0.717, 1.165) is 21.8 Å². The number of nitrogens with zero attached hydrogens (tertiary/aromatic N) is 2. The SMILES string of the molecule is COC(=O)/C1=C(\C(=O)OC)c2cn(c3ccccc23)CCC(CO[Si](c2ccccc2)(c2ccccc2)C(C)(C)C)OCCn2cc1c1ccccc12. The molecule has 0 spiro atoms. The van der Waals surface area contributed by atoms with E-state index in [1.165, 1.54) is 24.6 Å². The van der Waals surface area contributed by atoms with Gasteiger partial charge in [0.1, 0.15) is 0 Å². The third kappa shape index (κ3) is 6.65. The van der Waals surface area contributed by atoms with Gasteiger partial charge >= 0.3 is 11.9 Å². The van der Waals surface area contributed by atoms with Gasteiger partial charge in [-0.15, -0.1) is 0 Å². The molecule has 272 valence electrons. The summed E-state index contributed by atoms with van der Waals surface area (Å²) < 4.78 is 29.2. The lowest BCUT2D eigenvalue weighted by atomic mass is 9.94. The summed E-state index contributed by atoms with van der Waals surface area (Å²) in [5, 5.41) is 3.90. The molecule has 0 aliphatic carbocycles. The predicted octanol–water partition coefficient (Wildman–Crippen LogP) is 7.22. The van der Waals surface area contributed by atoms with Crippen LogP contribution in [0.4, 0.5) is 0 Å². The summed E-state index contributed by atoms with van der Waals surface area (Å²) in [6, 6.07) is 37.1. The Labute approximate surface area is 311 Å². The van der Waals surface area contributed by atoms with Gasteiger partial charge in [-0.1, -0.05) is 118 Å². The fourth-order valence-corrected chi connectivity index (χ4v) is 12.5. The molecular formula is C44H46N2O6Si. The molecule has 0 saturated heterocycles. The monoisotopic (exact) mass is 726 g/mol. The van der Waals surface area contributed by atoms with Gasteiger partial charge in [0.05, 0.1) is 44.7 Å². The van der Waals surface area contributed by atoms with Crippen molar-refractivity contribution in [3.05, 3.63) is 133 Å². The van der Waals surface area contributed by atoms with E-state index in [0.29, 0.717) is 43.9 Å². The van der Waals surface area contributed by atoms with E-state index in [-0.39, 0.29) is 22.3 Å². The number of carbonyl (C=O) groups excluding carboxylic acids is 2. The lowest BCUT2D eigenvalue weighted by molar-refractivity contribution is -0.135. The van der Waals surface area contributed by atoms with Gasteiger partial charge in [-0.25, -0.2) is 9.59 Å². The molecule has 0 fully saturated rings. The van der Waals surface area contributed by atoms with Crippen molar-refractivity contribution in [3.63, 3.8) is 0 Å². The average molecular weight is 727 g/mol. The molecule has 8 nitrogen and oxygen atoms in total. The molecule has 2 aromatic heterocycles.